The van der Waals surface area contributed by atoms with Crippen LogP contribution in [0, 0.1) is 13.8 Å². The van der Waals surface area contributed by atoms with Crippen LogP contribution in [0.4, 0.5) is 13.2 Å². The van der Waals surface area contributed by atoms with E-state index >= 15 is 0 Å². The molecular formula is C28H36F3N3O3S. The minimum atomic E-state index is -4.93. The van der Waals surface area contributed by atoms with Gasteiger partial charge in [0.25, 0.3) is 0 Å². The Kier molecular flexibility index (Phi) is 8.84. The average Bonchev–Trinajstić information content (AvgIpc) is 2.83. The first kappa shape index (κ1) is 28.6. The third-order valence-electron chi connectivity index (χ3n) is 7.30. The zero-order chi connectivity index (χ0) is 27.5. The van der Waals surface area contributed by atoms with Gasteiger partial charge in [-0.1, -0.05) is 30.7 Å². The van der Waals surface area contributed by atoms with E-state index in [1.165, 1.54) is 37.0 Å². The van der Waals surface area contributed by atoms with Crippen molar-refractivity contribution in [1.82, 2.24) is 14.9 Å². The fourth-order valence-corrected chi connectivity index (χ4v) is 6.91. The minimum absolute atomic E-state index is 0.258. The predicted octanol–water partition coefficient (Wildman–Crippen LogP) is 5.08. The molecule has 0 radical (unpaired) electrons. The molecule has 2 aromatic carbocycles. The van der Waals surface area contributed by atoms with Crippen molar-refractivity contribution in [1.29, 1.82) is 0 Å². The number of halogens is 3. The van der Waals surface area contributed by atoms with E-state index < -0.39 is 40.6 Å². The van der Waals surface area contributed by atoms with Gasteiger partial charge in [-0.3, -0.25) is 9.69 Å². The maximum atomic E-state index is 13.8. The van der Waals surface area contributed by atoms with E-state index in [2.05, 4.69) is 16.3 Å². The van der Waals surface area contributed by atoms with Crippen molar-refractivity contribution >= 4 is 15.9 Å². The van der Waals surface area contributed by atoms with Crippen LogP contribution in [0.15, 0.2) is 41.3 Å². The van der Waals surface area contributed by atoms with E-state index in [4.69, 9.17) is 0 Å². The number of aryl methyl sites for hydroxylation is 3. The molecule has 1 aliphatic heterocycles. The normalized spacial score (nSPS) is 19.6. The number of carbonyl (C=O) groups excluding carboxylic acids is 1. The molecular weight excluding hydrogens is 515 g/mol. The molecule has 1 fully saturated rings. The second-order valence-electron chi connectivity index (χ2n) is 10.6. The molecule has 2 aliphatic rings. The van der Waals surface area contributed by atoms with E-state index in [0.29, 0.717) is 17.5 Å². The molecule has 0 bridgehead atoms. The van der Waals surface area contributed by atoms with E-state index in [0.717, 1.165) is 43.6 Å². The lowest BCUT2D eigenvalue weighted by molar-refractivity contribution is -0.158. The summed E-state index contributed by atoms with van der Waals surface area (Å²) in [5.41, 5.74) is 4.46. The van der Waals surface area contributed by atoms with Crippen LogP contribution in [0.25, 0.3) is 0 Å². The number of alkyl halides is 3. The van der Waals surface area contributed by atoms with Gasteiger partial charge in [0.1, 0.15) is 6.04 Å². The maximum absolute atomic E-state index is 13.8. The third-order valence-corrected chi connectivity index (χ3v) is 8.75. The predicted molar refractivity (Wildman–Crippen MR) is 140 cm³/mol. The molecule has 2 aromatic rings. The highest BCUT2D eigenvalue weighted by Gasteiger charge is 2.44. The van der Waals surface area contributed by atoms with Crippen LogP contribution in [0.2, 0.25) is 0 Å². The van der Waals surface area contributed by atoms with Gasteiger partial charge in [0, 0.05) is 6.54 Å². The number of hydrogen-bond donors (Lipinski definition) is 2. The fourth-order valence-electron chi connectivity index (χ4n) is 5.50. The van der Waals surface area contributed by atoms with Crippen LogP contribution < -0.4 is 10.0 Å². The van der Waals surface area contributed by atoms with Gasteiger partial charge in [-0.05, 0) is 99.0 Å². The molecule has 208 valence electrons. The van der Waals surface area contributed by atoms with Gasteiger partial charge in [-0.2, -0.15) is 17.9 Å². The number of nitrogens with zero attached hydrogens (tertiary/aromatic N) is 1. The number of benzene rings is 2. The SMILES string of the molecule is Cc1cc(C)cc(S(=O)(=O)N[C@H](CC(=O)N[C@@H]2CCCc3cc(CN4CCCCC4)ccc32)C(F)(F)F)c1. The van der Waals surface area contributed by atoms with Crippen LogP contribution in [-0.4, -0.2) is 44.5 Å². The maximum Gasteiger partial charge on any atom is 0.405 e. The van der Waals surface area contributed by atoms with E-state index in [1.54, 1.807) is 24.6 Å². The third kappa shape index (κ3) is 7.36. The van der Waals surface area contributed by atoms with Gasteiger partial charge in [-0.25, -0.2) is 8.42 Å². The summed E-state index contributed by atoms with van der Waals surface area (Å²) >= 11 is 0. The summed E-state index contributed by atoms with van der Waals surface area (Å²) in [4.78, 5) is 15.0. The molecule has 0 spiro atoms. The molecule has 0 unspecified atom stereocenters. The van der Waals surface area contributed by atoms with Crippen molar-refractivity contribution in [2.24, 2.45) is 0 Å². The van der Waals surface area contributed by atoms with Crippen LogP contribution in [0.5, 0.6) is 0 Å². The van der Waals surface area contributed by atoms with Crippen LogP contribution in [0.1, 0.15) is 72.4 Å². The number of nitrogens with one attached hydrogen (secondary N) is 2. The highest BCUT2D eigenvalue weighted by atomic mass is 32.2. The summed E-state index contributed by atoms with van der Waals surface area (Å²) in [6, 6.07) is 7.56. The number of hydrogen-bond acceptors (Lipinski definition) is 4. The Morgan fingerprint density at radius 2 is 1.71 bits per heavy atom. The molecule has 10 heteroatoms. The van der Waals surface area contributed by atoms with E-state index in [-0.39, 0.29) is 4.90 Å². The van der Waals surface area contributed by atoms with Crippen molar-refractivity contribution in [2.75, 3.05) is 13.1 Å². The molecule has 2 atom stereocenters. The lowest BCUT2D eigenvalue weighted by Gasteiger charge is -2.30. The van der Waals surface area contributed by atoms with E-state index in [9.17, 15) is 26.4 Å². The van der Waals surface area contributed by atoms with Gasteiger partial charge < -0.3 is 5.32 Å². The minimum Gasteiger partial charge on any atom is -0.349 e. The number of amides is 1. The Morgan fingerprint density at radius 1 is 1.03 bits per heavy atom. The second kappa shape index (κ2) is 11.8. The Labute approximate surface area is 223 Å². The number of piperidine rings is 1. The Morgan fingerprint density at radius 3 is 2.37 bits per heavy atom. The molecule has 1 saturated heterocycles. The molecule has 6 nitrogen and oxygen atoms in total. The summed E-state index contributed by atoms with van der Waals surface area (Å²) in [6.45, 7) is 6.38. The van der Waals surface area contributed by atoms with Crippen molar-refractivity contribution in [3.63, 3.8) is 0 Å². The first-order valence-electron chi connectivity index (χ1n) is 13.2. The topological polar surface area (TPSA) is 78.5 Å². The molecule has 0 aromatic heterocycles. The zero-order valence-electron chi connectivity index (χ0n) is 21.9. The first-order chi connectivity index (χ1) is 17.9. The van der Waals surface area contributed by atoms with Gasteiger partial charge >= 0.3 is 6.18 Å². The van der Waals surface area contributed by atoms with E-state index in [1.807, 2.05) is 12.1 Å². The number of fused-ring (bicyclic) bond motifs is 1. The summed E-state index contributed by atoms with van der Waals surface area (Å²) in [5, 5.41) is 2.74. The molecule has 1 amide bonds. The highest BCUT2D eigenvalue weighted by Crippen LogP contribution is 2.32. The summed E-state index contributed by atoms with van der Waals surface area (Å²) in [5.74, 6) is -0.842. The van der Waals surface area contributed by atoms with Gasteiger partial charge in [0.15, 0.2) is 0 Å². The Bertz CT molecular complexity index is 1240. The summed E-state index contributed by atoms with van der Waals surface area (Å²) in [7, 11) is -4.49. The van der Waals surface area contributed by atoms with Crippen molar-refractivity contribution in [3.8, 4) is 0 Å². The largest absolute Gasteiger partial charge is 0.405 e. The number of sulfonamides is 1. The molecule has 1 aliphatic carbocycles. The number of rotatable bonds is 8. The number of likely N-dealkylation sites (tertiary alicyclic amines) is 1. The smallest absolute Gasteiger partial charge is 0.349 e. The zero-order valence-corrected chi connectivity index (χ0v) is 22.7. The second-order valence-corrected chi connectivity index (χ2v) is 12.3. The lowest BCUT2D eigenvalue weighted by Crippen LogP contribution is -2.48. The summed E-state index contributed by atoms with van der Waals surface area (Å²) < 4.78 is 68.7. The standard InChI is InChI=1S/C28H36F3N3O3S/c1-19-13-20(2)15-23(14-19)38(36,37)33-26(28(29,30)31)17-27(35)32-25-8-6-7-22-16-21(9-10-24(22)25)18-34-11-4-3-5-12-34/h9-10,13-16,25-26,33H,3-8,11-12,17-18H2,1-2H3,(H,32,35)/t25-,26-/m1/s1. The monoisotopic (exact) mass is 551 g/mol. The first-order valence-corrected chi connectivity index (χ1v) is 14.7. The molecule has 38 heavy (non-hydrogen) atoms. The quantitative estimate of drug-likeness (QED) is 0.480. The van der Waals surface area contributed by atoms with Crippen molar-refractivity contribution in [2.45, 2.75) is 88.5 Å². The van der Waals surface area contributed by atoms with Crippen molar-refractivity contribution in [3.05, 3.63) is 64.2 Å². The summed E-state index contributed by atoms with van der Waals surface area (Å²) in [6.07, 6.45) is 0.00407. The van der Waals surface area contributed by atoms with Gasteiger partial charge in [0.2, 0.25) is 15.9 Å². The Hall–Kier alpha value is -2.43. The van der Waals surface area contributed by atoms with Gasteiger partial charge in [0.05, 0.1) is 17.4 Å². The molecule has 4 rings (SSSR count). The average molecular weight is 552 g/mol. The molecule has 1 heterocycles. The Balaban J connectivity index is 1.44. The van der Waals surface area contributed by atoms with Crippen LogP contribution >= 0.6 is 0 Å². The number of carbonyl (C=O) groups is 1. The van der Waals surface area contributed by atoms with Gasteiger partial charge in [-0.15, -0.1) is 0 Å². The molecule has 2 N–H and O–H groups in total. The van der Waals surface area contributed by atoms with Crippen LogP contribution in [0.3, 0.4) is 0 Å². The fraction of sp³-hybridized carbons (Fsp3) is 0.536. The molecule has 0 saturated carbocycles. The van der Waals surface area contributed by atoms with Crippen LogP contribution in [-0.2, 0) is 27.8 Å². The highest BCUT2D eigenvalue weighted by molar-refractivity contribution is 7.89. The lowest BCUT2D eigenvalue weighted by atomic mass is 9.86. The van der Waals surface area contributed by atoms with Crippen molar-refractivity contribution < 1.29 is 26.4 Å².